The van der Waals surface area contributed by atoms with Gasteiger partial charge in [-0.1, -0.05) is 0 Å². The fourth-order valence-corrected chi connectivity index (χ4v) is 4.90. The van der Waals surface area contributed by atoms with Crippen molar-refractivity contribution in [1.82, 2.24) is 0 Å². The number of carbonyl (C=O) groups is 2. The maximum absolute atomic E-state index is 12.9. The van der Waals surface area contributed by atoms with E-state index in [1.54, 1.807) is 0 Å². The first-order chi connectivity index (χ1) is 14.2. The fourth-order valence-electron chi connectivity index (χ4n) is 4.90. The Morgan fingerprint density at radius 1 is 0.828 bits per heavy atom. The Hall–Kier alpha value is -2.82. The number of amides is 2. The maximum atomic E-state index is 12.9. The number of hydrogen-bond donors (Lipinski definition) is 1. The van der Waals surface area contributed by atoms with Crippen LogP contribution in [-0.2, 0) is 17.6 Å². The molecular weight excluding hydrogens is 362 g/mol. The summed E-state index contributed by atoms with van der Waals surface area (Å²) < 4.78 is 0. The molecule has 29 heavy (non-hydrogen) atoms. The van der Waals surface area contributed by atoms with Crippen molar-refractivity contribution < 1.29 is 9.59 Å². The van der Waals surface area contributed by atoms with Gasteiger partial charge in [-0.25, -0.2) is 0 Å². The quantitative estimate of drug-likeness (QED) is 0.858. The molecule has 1 N–H and O–H groups in total. The molecule has 1 saturated heterocycles. The van der Waals surface area contributed by atoms with Gasteiger partial charge in [0, 0.05) is 43.0 Å². The minimum Gasteiger partial charge on any atom is -0.372 e. The van der Waals surface area contributed by atoms with Crippen LogP contribution in [0.3, 0.4) is 0 Å². The highest BCUT2D eigenvalue weighted by molar-refractivity contribution is 6.06. The van der Waals surface area contributed by atoms with E-state index >= 15 is 0 Å². The molecule has 0 bridgehead atoms. The molecule has 0 spiro atoms. The molecule has 0 aliphatic carbocycles. The lowest BCUT2D eigenvalue weighted by Gasteiger charge is -2.35. The standard InChI is InChI=1S/C24H27N3O2/c28-22-11-6-18-16-19(15-17-5-4-14-27(22)23(17)18)24(29)25-20-7-9-21(10-8-20)26-12-2-1-3-13-26/h7-10,15-16H,1-6,11-14H2,(H,25,29). The van der Waals surface area contributed by atoms with Crippen LogP contribution in [0.15, 0.2) is 36.4 Å². The first-order valence-corrected chi connectivity index (χ1v) is 10.8. The molecule has 3 aliphatic heterocycles. The highest BCUT2D eigenvalue weighted by Gasteiger charge is 2.30. The van der Waals surface area contributed by atoms with Gasteiger partial charge < -0.3 is 15.1 Å². The average molecular weight is 389 g/mol. The minimum atomic E-state index is -0.0798. The second-order valence-electron chi connectivity index (χ2n) is 8.34. The van der Waals surface area contributed by atoms with Gasteiger partial charge in [-0.05, 0) is 86.1 Å². The summed E-state index contributed by atoms with van der Waals surface area (Å²) in [5.74, 6) is 0.133. The zero-order valence-electron chi connectivity index (χ0n) is 16.7. The fraction of sp³-hybridized carbons (Fsp3) is 0.417. The van der Waals surface area contributed by atoms with E-state index in [2.05, 4.69) is 22.3 Å². The van der Waals surface area contributed by atoms with E-state index < -0.39 is 0 Å². The second-order valence-corrected chi connectivity index (χ2v) is 8.34. The van der Waals surface area contributed by atoms with Crippen LogP contribution in [0.5, 0.6) is 0 Å². The van der Waals surface area contributed by atoms with Gasteiger partial charge >= 0.3 is 0 Å². The number of rotatable bonds is 3. The lowest BCUT2D eigenvalue weighted by molar-refractivity contribution is -0.119. The van der Waals surface area contributed by atoms with Crippen molar-refractivity contribution in [3.05, 3.63) is 53.1 Å². The van der Waals surface area contributed by atoms with Crippen LogP contribution in [0.2, 0.25) is 0 Å². The number of carbonyl (C=O) groups excluding carboxylic acids is 2. The largest absolute Gasteiger partial charge is 0.372 e. The molecule has 0 aromatic heterocycles. The molecule has 2 amide bonds. The molecule has 3 heterocycles. The van der Waals surface area contributed by atoms with E-state index in [4.69, 9.17) is 0 Å². The molecule has 150 valence electrons. The molecule has 0 atom stereocenters. The molecular formula is C24H27N3O2. The third-order valence-corrected chi connectivity index (χ3v) is 6.38. The Morgan fingerprint density at radius 3 is 2.31 bits per heavy atom. The summed E-state index contributed by atoms with van der Waals surface area (Å²) in [5.41, 5.74) is 6.06. The van der Waals surface area contributed by atoms with Gasteiger partial charge in [0.1, 0.15) is 0 Å². The van der Waals surface area contributed by atoms with Gasteiger partial charge in [-0.15, -0.1) is 0 Å². The summed E-state index contributed by atoms with van der Waals surface area (Å²) in [6.45, 7) is 3.03. The van der Waals surface area contributed by atoms with E-state index in [9.17, 15) is 9.59 Å². The molecule has 1 fully saturated rings. The molecule has 2 aromatic carbocycles. The maximum Gasteiger partial charge on any atom is 0.255 e. The number of nitrogens with one attached hydrogen (secondary N) is 1. The van der Waals surface area contributed by atoms with Crippen LogP contribution in [-0.4, -0.2) is 31.4 Å². The number of hydrogen-bond acceptors (Lipinski definition) is 3. The van der Waals surface area contributed by atoms with Crippen molar-refractivity contribution in [3.63, 3.8) is 0 Å². The lowest BCUT2D eigenvalue weighted by atomic mass is 9.89. The zero-order valence-corrected chi connectivity index (χ0v) is 16.7. The first kappa shape index (κ1) is 18.2. The van der Waals surface area contributed by atoms with Crippen LogP contribution in [0, 0.1) is 0 Å². The van der Waals surface area contributed by atoms with Gasteiger partial charge in [0.15, 0.2) is 0 Å². The van der Waals surface area contributed by atoms with E-state index in [0.717, 1.165) is 61.4 Å². The van der Waals surface area contributed by atoms with Crippen molar-refractivity contribution in [3.8, 4) is 0 Å². The number of aryl methyl sites for hydroxylation is 2. The van der Waals surface area contributed by atoms with Crippen molar-refractivity contribution in [1.29, 1.82) is 0 Å². The monoisotopic (exact) mass is 389 g/mol. The molecule has 5 nitrogen and oxygen atoms in total. The van der Waals surface area contributed by atoms with Crippen molar-refractivity contribution in [2.75, 3.05) is 34.8 Å². The van der Waals surface area contributed by atoms with E-state index in [1.807, 2.05) is 29.2 Å². The third kappa shape index (κ3) is 3.50. The molecule has 5 rings (SSSR count). The molecule has 5 heteroatoms. The van der Waals surface area contributed by atoms with Gasteiger partial charge in [-0.3, -0.25) is 9.59 Å². The molecule has 3 aliphatic rings. The molecule has 0 saturated carbocycles. The summed E-state index contributed by atoms with van der Waals surface area (Å²) in [6.07, 6.45) is 6.97. The molecule has 0 unspecified atom stereocenters. The average Bonchev–Trinajstić information content (AvgIpc) is 2.77. The Labute approximate surface area is 171 Å². The topological polar surface area (TPSA) is 52.7 Å². The van der Waals surface area contributed by atoms with Gasteiger partial charge in [0.2, 0.25) is 5.91 Å². The Bertz CT molecular complexity index is 928. The molecule has 0 radical (unpaired) electrons. The molecule has 2 aromatic rings. The highest BCUT2D eigenvalue weighted by Crippen LogP contribution is 2.36. The Balaban J connectivity index is 1.34. The van der Waals surface area contributed by atoms with Gasteiger partial charge in [0.25, 0.3) is 5.91 Å². The highest BCUT2D eigenvalue weighted by atomic mass is 16.2. The summed E-state index contributed by atoms with van der Waals surface area (Å²) >= 11 is 0. The summed E-state index contributed by atoms with van der Waals surface area (Å²) in [5, 5.41) is 3.05. The van der Waals surface area contributed by atoms with Crippen LogP contribution in [0.1, 0.15) is 53.6 Å². The summed E-state index contributed by atoms with van der Waals surface area (Å²) in [4.78, 5) is 29.5. The Kier molecular flexibility index (Phi) is 4.74. The second kappa shape index (κ2) is 7.54. The van der Waals surface area contributed by atoms with Crippen LogP contribution in [0.4, 0.5) is 17.1 Å². The normalized spacial score (nSPS) is 18.4. The lowest BCUT2D eigenvalue weighted by Crippen LogP contribution is -2.39. The number of piperidine rings is 1. The van der Waals surface area contributed by atoms with Crippen molar-refractivity contribution >= 4 is 28.9 Å². The number of nitrogens with zero attached hydrogens (tertiary/aromatic N) is 2. The van der Waals surface area contributed by atoms with Crippen molar-refractivity contribution in [2.45, 2.75) is 44.9 Å². The zero-order chi connectivity index (χ0) is 19.8. The van der Waals surface area contributed by atoms with E-state index in [1.165, 1.54) is 24.9 Å². The summed E-state index contributed by atoms with van der Waals surface area (Å²) in [6, 6.07) is 12.1. The third-order valence-electron chi connectivity index (χ3n) is 6.38. The first-order valence-electron chi connectivity index (χ1n) is 10.8. The van der Waals surface area contributed by atoms with Gasteiger partial charge in [0.05, 0.1) is 5.69 Å². The minimum absolute atomic E-state index is 0.0798. The van der Waals surface area contributed by atoms with Crippen LogP contribution in [0.25, 0.3) is 0 Å². The number of anilines is 3. The predicted molar refractivity (Wildman–Crippen MR) is 116 cm³/mol. The van der Waals surface area contributed by atoms with E-state index in [-0.39, 0.29) is 11.8 Å². The van der Waals surface area contributed by atoms with Crippen LogP contribution < -0.4 is 15.1 Å². The van der Waals surface area contributed by atoms with Crippen LogP contribution >= 0.6 is 0 Å². The smallest absolute Gasteiger partial charge is 0.255 e. The predicted octanol–water partition coefficient (Wildman–Crippen LogP) is 4.15. The number of benzene rings is 2. The van der Waals surface area contributed by atoms with Crippen molar-refractivity contribution in [2.24, 2.45) is 0 Å². The SMILES string of the molecule is O=C(Nc1ccc(N2CCCCC2)cc1)c1cc2c3c(c1)CCC(=O)N3CCC2. The van der Waals surface area contributed by atoms with Gasteiger partial charge in [-0.2, -0.15) is 0 Å². The summed E-state index contributed by atoms with van der Waals surface area (Å²) in [7, 11) is 0. The van der Waals surface area contributed by atoms with E-state index in [0.29, 0.717) is 12.0 Å². The Morgan fingerprint density at radius 2 is 1.55 bits per heavy atom.